The van der Waals surface area contributed by atoms with Crippen LogP contribution in [0.2, 0.25) is 5.02 Å². The second-order valence-corrected chi connectivity index (χ2v) is 6.89. The Morgan fingerprint density at radius 3 is 2.74 bits per heavy atom. The molecule has 1 aromatic heterocycles. The summed E-state index contributed by atoms with van der Waals surface area (Å²) in [5.41, 5.74) is 3.67. The van der Waals surface area contributed by atoms with Gasteiger partial charge < -0.3 is 4.74 Å². The van der Waals surface area contributed by atoms with Gasteiger partial charge in [0.05, 0.1) is 0 Å². The molecule has 7 heteroatoms. The Labute approximate surface area is 163 Å². The molecule has 1 unspecified atom stereocenters. The Morgan fingerprint density at radius 2 is 2.04 bits per heavy atom. The second kappa shape index (κ2) is 9.65. The molecule has 1 atom stereocenters. The van der Waals surface area contributed by atoms with E-state index >= 15 is 0 Å². The minimum Gasteiger partial charge on any atom is -0.453 e. The number of alkyl halides is 2. The van der Waals surface area contributed by atoms with Crippen LogP contribution in [0.25, 0.3) is 0 Å². The van der Waals surface area contributed by atoms with Gasteiger partial charge in [0, 0.05) is 29.4 Å². The second-order valence-electron chi connectivity index (χ2n) is 6.48. The maximum absolute atomic E-state index is 13.0. The molecule has 0 amide bonds. The summed E-state index contributed by atoms with van der Waals surface area (Å²) < 4.78 is 32.0. The number of hydrogen-bond donors (Lipinski definition) is 1. The van der Waals surface area contributed by atoms with Gasteiger partial charge in [0.1, 0.15) is 5.75 Å². The smallest absolute Gasteiger partial charge is 0.245 e. The van der Waals surface area contributed by atoms with Crippen molar-refractivity contribution in [2.45, 2.75) is 46.0 Å². The fourth-order valence-corrected chi connectivity index (χ4v) is 2.57. The molecule has 2 rings (SSSR count). The molecule has 1 heterocycles. The molecule has 0 aliphatic carbocycles. The fourth-order valence-electron chi connectivity index (χ4n) is 2.40. The Balaban J connectivity index is 2.06. The molecule has 27 heavy (non-hydrogen) atoms. The van der Waals surface area contributed by atoms with Gasteiger partial charge in [0.15, 0.2) is 11.6 Å². The predicted octanol–water partition coefficient (Wildman–Crippen LogP) is 6.70. The lowest BCUT2D eigenvalue weighted by Gasteiger charge is -2.14. The maximum Gasteiger partial charge on any atom is 0.245 e. The lowest BCUT2D eigenvalue weighted by molar-refractivity contribution is 0.00878. The zero-order valence-corrected chi connectivity index (χ0v) is 16.4. The number of rotatable bonds is 9. The molecular weight excluding hydrogens is 372 g/mol. The summed E-state index contributed by atoms with van der Waals surface area (Å²) in [6, 6.07) is 8.94. The van der Waals surface area contributed by atoms with Crippen LogP contribution in [-0.2, 0) is 0 Å². The van der Waals surface area contributed by atoms with E-state index in [4.69, 9.17) is 16.3 Å². The number of ether oxygens (including phenoxy) is 1. The molecule has 0 bridgehead atoms. The van der Waals surface area contributed by atoms with Gasteiger partial charge >= 0.3 is 0 Å². The third-order valence-corrected chi connectivity index (χ3v) is 4.55. The zero-order valence-electron chi connectivity index (χ0n) is 15.7. The van der Waals surface area contributed by atoms with E-state index in [1.807, 2.05) is 26.0 Å². The summed E-state index contributed by atoms with van der Waals surface area (Å²) >= 11 is 6.13. The predicted molar refractivity (Wildman–Crippen MR) is 106 cm³/mol. The number of benzene rings is 1. The Kier molecular flexibility index (Phi) is 7.54. The Hall–Kier alpha value is -2.21. The largest absolute Gasteiger partial charge is 0.453 e. The molecule has 0 saturated carbocycles. The summed E-state index contributed by atoms with van der Waals surface area (Å²) in [5, 5.41) is 4.78. The van der Waals surface area contributed by atoms with Crippen molar-refractivity contribution in [1.29, 1.82) is 0 Å². The average molecular weight is 396 g/mol. The third-order valence-electron chi connectivity index (χ3n) is 4.14. The number of anilines is 1. The number of nitrogens with zero attached hydrogens (tertiary/aromatic N) is 2. The first-order valence-corrected chi connectivity index (χ1v) is 9.23. The van der Waals surface area contributed by atoms with E-state index in [0.29, 0.717) is 28.8 Å². The molecule has 146 valence electrons. The number of hydrogen-bond acceptors (Lipinski definition) is 4. The highest BCUT2D eigenvalue weighted by atomic mass is 35.5. The molecule has 0 saturated heterocycles. The van der Waals surface area contributed by atoms with Crippen LogP contribution >= 0.6 is 11.6 Å². The monoisotopic (exact) mass is 395 g/mol. The SMILES string of the molecule is CCC(/C=N/Nc1ncccc1Oc1cccc(Cl)c1C)CCC(C)(F)F. The molecule has 1 N–H and O–H groups in total. The van der Waals surface area contributed by atoms with Crippen molar-refractivity contribution in [2.75, 3.05) is 5.43 Å². The average Bonchev–Trinajstić information content (AvgIpc) is 2.62. The van der Waals surface area contributed by atoms with Gasteiger partial charge in [-0.2, -0.15) is 5.10 Å². The van der Waals surface area contributed by atoms with E-state index in [1.165, 1.54) is 0 Å². The van der Waals surface area contributed by atoms with E-state index < -0.39 is 5.92 Å². The minimum absolute atomic E-state index is 0.0356. The molecule has 0 aliphatic rings. The van der Waals surface area contributed by atoms with Crippen molar-refractivity contribution in [2.24, 2.45) is 11.0 Å². The molecule has 0 fully saturated rings. The zero-order chi connectivity index (χ0) is 19.9. The van der Waals surface area contributed by atoms with Crippen LogP contribution < -0.4 is 10.2 Å². The van der Waals surface area contributed by atoms with E-state index in [1.54, 1.807) is 30.6 Å². The molecule has 0 radical (unpaired) electrons. The highest BCUT2D eigenvalue weighted by Gasteiger charge is 2.22. The fraction of sp³-hybridized carbons (Fsp3) is 0.400. The molecule has 0 aliphatic heterocycles. The van der Waals surface area contributed by atoms with Crippen LogP contribution in [-0.4, -0.2) is 17.1 Å². The van der Waals surface area contributed by atoms with Gasteiger partial charge in [0.25, 0.3) is 0 Å². The van der Waals surface area contributed by atoms with Crippen LogP contribution in [0, 0.1) is 12.8 Å². The number of hydrazone groups is 1. The van der Waals surface area contributed by atoms with Gasteiger partial charge in [0.2, 0.25) is 5.92 Å². The summed E-state index contributed by atoms with van der Waals surface area (Å²) in [6.45, 7) is 4.75. The lowest BCUT2D eigenvalue weighted by atomic mass is 10.00. The minimum atomic E-state index is -2.66. The molecular formula is C20H24ClF2N3O. The van der Waals surface area contributed by atoms with Crippen LogP contribution in [0.4, 0.5) is 14.6 Å². The quantitative estimate of drug-likeness (QED) is 0.379. The molecule has 1 aromatic carbocycles. The Morgan fingerprint density at radius 1 is 1.30 bits per heavy atom. The normalized spacial score (nSPS) is 13.0. The van der Waals surface area contributed by atoms with Crippen LogP contribution in [0.15, 0.2) is 41.6 Å². The van der Waals surface area contributed by atoms with E-state index in [-0.39, 0.29) is 12.3 Å². The van der Waals surface area contributed by atoms with Crippen LogP contribution in [0.1, 0.15) is 38.7 Å². The van der Waals surface area contributed by atoms with Crippen molar-refractivity contribution < 1.29 is 13.5 Å². The third kappa shape index (κ3) is 6.79. The van der Waals surface area contributed by atoms with Crippen molar-refractivity contribution in [3.63, 3.8) is 0 Å². The lowest BCUT2D eigenvalue weighted by Crippen LogP contribution is -2.13. The van der Waals surface area contributed by atoms with Crippen molar-refractivity contribution in [3.8, 4) is 11.5 Å². The van der Waals surface area contributed by atoms with Gasteiger partial charge in [-0.1, -0.05) is 24.6 Å². The standard InChI is InChI=1S/C20H24ClF2N3O/c1-4-15(10-11-20(3,22)23)13-25-26-19-18(9-6-12-24-19)27-17-8-5-7-16(21)14(17)2/h5-9,12-13,15H,4,10-11H2,1-3H3,(H,24,26)/b25-13+. The maximum atomic E-state index is 13.0. The van der Waals surface area contributed by atoms with Gasteiger partial charge in [-0.15, -0.1) is 0 Å². The summed E-state index contributed by atoms with van der Waals surface area (Å²) in [7, 11) is 0. The van der Waals surface area contributed by atoms with Gasteiger partial charge in [-0.25, -0.2) is 13.8 Å². The van der Waals surface area contributed by atoms with E-state index in [9.17, 15) is 8.78 Å². The molecule has 4 nitrogen and oxygen atoms in total. The van der Waals surface area contributed by atoms with Crippen molar-refractivity contribution in [3.05, 3.63) is 47.1 Å². The van der Waals surface area contributed by atoms with Crippen LogP contribution in [0.5, 0.6) is 11.5 Å². The number of nitrogens with one attached hydrogen (secondary N) is 1. The van der Waals surface area contributed by atoms with Gasteiger partial charge in [-0.3, -0.25) is 5.43 Å². The first kappa shape index (κ1) is 21.1. The topological polar surface area (TPSA) is 46.5 Å². The molecule has 0 spiro atoms. The first-order valence-electron chi connectivity index (χ1n) is 8.85. The van der Waals surface area contributed by atoms with Gasteiger partial charge in [-0.05, 0) is 56.9 Å². The summed E-state index contributed by atoms with van der Waals surface area (Å²) in [6.07, 6.45) is 4.20. The highest BCUT2D eigenvalue weighted by molar-refractivity contribution is 6.31. The van der Waals surface area contributed by atoms with E-state index in [0.717, 1.165) is 18.9 Å². The number of pyridine rings is 1. The van der Waals surface area contributed by atoms with Crippen molar-refractivity contribution >= 4 is 23.6 Å². The van der Waals surface area contributed by atoms with Crippen LogP contribution in [0.3, 0.4) is 0 Å². The first-order chi connectivity index (χ1) is 12.8. The Bertz CT molecular complexity index is 778. The van der Waals surface area contributed by atoms with Crippen molar-refractivity contribution in [1.82, 2.24) is 4.98 Å². The number of aromatic nitrogens is 1. The summed E-state index contributed by atoms with van der Waals surface area (Å²) in [5.74, 6) is -1.14. The highest BCUT2D eigenvalue weighted by Crippen LogP contribution is 2.32. The number of halogens is 3. The van der Waals surface area contributed by atoms with E-state index in [2.05, 4.69) is 15.5 Å². The molecule has 2 aromatic rings. The summed E-state index contributed by atoms with van der Waals surface area (Å²) in [4.78, 5) is 4.23.